The molecule has 0 amide bonds. The van der Waals surface area contributed by atoms with Gasteiger partial charge in [0.1, 0.15) is 0 Å². The molecular weight excluding hydrogens is 228 g/mol. The van der Waals surface area contributed by atoms with E-state index in [1.807, 2.05) is 0 Å². The second-order valence-electron chi connectivity index (χ2n) is 4.96. The highest BCUT2D eigenvalue weighted by Crippen LogP contribution is 2.14. The lowest BCUT2D eigenvalue weighted by atomic mass is 9.98. The minimum absolute atomic E-state index is 0.0320. The number of rotatable bonds is 4. The van der Waals surface area contributed by atoms with Gasteiger partial charge in [-0.2, -0.15) is 0 Å². The van der Waals surface area contributed by atoms with Crippen LogP contribution in [0.15, 0.2) is 18.2 Å². The second kappa shape index (κ2) is 6.29. The minimum atomic E-state index is 0.0320. The highest BCUT2D eigenvalue weighted by atomic mass is 16.6. The molecule has 100 valence electrons. The molecule has 2 unspecified atom stereocenters. The van der Waals surface area contributed by atoms with Gasteiger partial charge in [0, 0.05) is 0 Å². The fourth-order valence-electron chi connectivity index (χ4n) is 2.48. The molecule has 4 nitrogen and oxygen atoms in total. The lowest BCUT2D eigenvalue weighted by molar-refractivity contribution is -0.101. The summed E-state index contributed by atoms with van der Waals surface area (Å²) < 4.78 is 11.1. The van der Waals surface area contributed by atoms with E-state index < -0.39 is 0 Å². The van der Waals surface area contributed by atoms with Gasteiger partial charge in [0.05, 0.1) is 32.0 Å². The van der Waals surface area contributed by atoms with Crippen molar-refractivity contribution in [1.29, 1.82) is 0 Å². The molecule has 2 rings (SSSR count). The molecule has 1 aliphatic rings. The molecule has 18 heavy (non-hydrogen) atoms. The molecule has 2 atom stereocenters. The van der Waals surface area contributed by atoms with E-state index in [0.29, 0.717) is 19.8 Å². The molecule has 3 N–H and O–H groups in total. The summed E-state index contributed by atoms with van der Waals surface area (Å²) in [5, 5.41) is 0. The van der Waals surface area contributed by atoms with Crippen LogP contribution in [0.1, 0.15) is 16.7 Å². The van der Waals surface area contributed by atoms with Crippen molar-refractivity contribution < 1.29 is 9.47 Å². The van der Waals surface area contributed by atoms with Crippen molar-refractivity contribution in [3.05, 3.63) is 34.9 Å². The van der Waals surface area contributed by atoms with E-state index in [4.69, 9.17) is 15.3 Å². The number of ether oxygens (including phenoxy) is 2. The summed E-state index contributed by atoms with van der Waals surface area (Å²) >= 11 is 0. The average molecular weight is 250 g/mol. The molecule has 0 bridgehead atoms. The quantitative estimate of drug-likeness (QED) is 0.620. The molecule has 0 saturated carbocycles. The van der Waals surface area contributed by atoms with E-state index in [9.17, 15) is 0 Å². The highest BCUT2D eigenvalue weighted by molar-refractivity contribution is 5.29. The Labute approximate surface area is 108 Å². The zero-order valence-corrected chi connectivity index (χ0v) is 11.1. The number of hydrogen-bond acceptors (Lipinski definition) is 4. The molecule has 4 heteroatoms. The maximum atomic E-state index is 5.70. The molecule has 1 fully saturated rings. The van der Waals surface area contributed by atoms with Crippen LogP contribution in [-0.4, -0.2) is 32.0 Å². The number of nitrogens with one attached hydrogen (secondary N) is 1. The van der Waals surface area contributed by atoms with E-state index in [-0.39, 0.29) is 12.1 Å². The van der Waals surface area contributed by atoms with Crippen LogP contribution in [0.5, 0.6) is 0 Å². The summed E-state index contributed by atoms with van der Waals surface area (Å²) in [5.74, 6) is 5.64. The molecule has 1 aliphatic heterocycles. The first kappa shape index (κ1) is 13.5. The normalized spacial score (nSPS) is 21.8. The smallest absolute Gasteiger partial charge is 0.0978 e. The summed E-state index contributed by atoms with van der Waals surface area (Å²) in [7, 11) is 0. The summed E-state index contributed by atoms with van der Waals surface area (Å²) in [6.45, 7) is 6.16. The molecule has 0 aromatic heterocycles. The molecular formula is C14H22N2O2. The van der Waals surface area contributed by atoms with Crippen molar-refractivity contribution in [2.24, 2.45) is 5.84 Å². The first-order valence-electron chi connectivity index (χ1n) is 6.41. The van der Waals surface area contributed by atoms with E-state index in [1.165, 1.54) is 16.7 Å². The van der Waals surface area contributed by atoms with Gasteiger partial charge in [0.25, 0.3) is 0 Å². The average Bonchev–Trinajstić information content (AvgIpc) is 2.36. The Hall–Kier alpha value is -0.940. The Kier molecular flexibility index (Phi) is 4.72. The Morgan fingerprint density at radius 3 is 2.56 bits per heavy atom. The third kappa shape index (κ3) is 3.53. The lowest BCUT2D eigenvalue weighted by Gasteiger charge is -2.30. The fraction of sp³-hybridized carbons (Fsp3) is 0.571. The SMILES string of the molecule is Cc1cc(C)cc(CC(NN)C2COCCO2)c1. The summed E-state index contributed by atoms with van der Waals surface area (Å²) in [6.07, 6.45) is 0.886. The van der Waals surface area contributed by atoms with Crippen LogP contribution in [0, 0.1) is 13.8 Å². The van der Waals surface area contributed by atoms with E-state index in [1.54, 1.807) is 0 Å². The fourth-order valence-corrected chi connectivity index (χ4v) is 2.48. The van der Waals surface area contributed by atoms with Crippen LogP contribution in [0.4, 0.5) is 0 Å². The van der Waals surface area contributed by atoms with Gasteiger partial charge >= 0.3 is 0 Å². The van der Waals surface area contributed by atoms with E-state index in [0.717, 1.165) is 6.42 Å². The minimum Gasteiger partial charge on any atom is -0.376 e. The van der Waals surface area contributed by atoms with Crippen molar-refractivity contribution in [3.63, 3.8) is 0 Å². The van der Waals surface area contributed by atoms with Crippen LogP contribution >= 0.6 is 0 Å². The van der Waals surface area contributed by atoms with Crippen molar-refractivity contribution in [2.75, 3.05) is 19.8 Å². The van der Waals surface area contributed by atoms with Gasteiger partial charge in [0.15, 0.2) is 0 Å². The first-order valence-corrected chi connectivity index (χ1v) is 6.41. The number of nitrogens with two attached hydrogens (primary N) is 1. The van der Waals surface area contributed by atoms with Crippen molar-refractivity contribution in [3.8, 4) is 0 Å². The Morgan fingerprint density at radius 2 is 2.00 bits per heavy atom. The van der Waals surface area contributed by atoms with Crippen LogP contribution in [0.2, 0.25) is 0 Å². The Morgan fingerprint density at radius 1 is 1.28 bits per heavy atom. The van der Waals surface area contributed by atoms with Crippen molar-refractivity contribution in [1.82, 2.24) is 5.43 Å². The maximum absolute atomic E-state index is 5.70. The van der Waals surface area contributed by atoms with Gasteiger partial charge < -0.3 is 9.47 Å². The zero-order valence-electron chi connectivity index (χ0n) is 11.1. The number of hydrazine groups is 1. The van der Waals surface area contributed by atoms with E-state index in [2.05, 4.69) is 37.5 Å². The number of hydrogen-bond donors (Lipinski definition) is 2. The van der Waals surface area contributed by atoms with Gasteiger partial charge in [-0.05, 0) is 25.8 Å². The van der Waals surface area contributed by atoms with Crippen LogP contribution in [0.3, 0.4) is 0 Å². The van der Waals surface area contributed by atoms with Crippen LogP contribution in [-0.2, 0) is 15.9 Å². The standard InChI is InChI=1S/C14H22N2O2/c1-10-5-11(2)7-12(6-10)8-13(16-15)14-9-17-3-4-18-14/h5-7,13-14,16H,3-4,8-9,15H2,1-2H3. The molecule has 1 aromatic carbocycles. The third-order valence-corrected chi connectivity index (χ3v) is 3.24. The van der Waals surface area contributed by atoms with Gasteiger partial charge in [0.2, 0.25) is 0 Å². The van der Waals surface area contributed by atoms with Crippen molar-refractivity contribution in [2.45, 2.75) is 32.4 Å². The van der Waals surface area contributed by atoms with Gasteiger partial charge in [-0.15, -0.1) is 0 Å². The maximum Gasteiger partial charge on any atom is 0.0978 e. The summed E-state index contributed by atoms with van der Waals surface area (Å²) in [6, 6.07) is 6.66. The first-order chi connectivity index (χ1) is 8.69. The van der Waals surface area contributed by atoms with Gasteiger partial charge in [-0.25, -0.2) is 0 Å². The predicted octanol–water partition coefficient (Wildman–Crippen LogP) is 1.09. The third-order valence-electron chi connectivity index (χ3n) is 3.24. The molecule has 1 saturated heterocycles. The number of benzene rings is 1. The highest BCUT2D eigenvalue weighted by Gasteiger charge is 2.24. The molecule has 0 aliphatic carbocycles. The second-order valence-corrected chi connectivity index (χ2v) is 4.96. The summed E-state index contributed by atoms with van der Waals surface area (Å²) in [5.41, 5.74) is 6.69. The molecule has 1 aromatic rings. The molecule has 0 spiro atoms. The van der Waals surface area contributed by atoms with Crippen LogP contribution < -0.4 is 11.3 Å². The van der Waals surface area contributed by atoms with Crippen LogP contribution in [0.25, 0.3) is 0 Å². The van der Waals surface area contributed by atoms with Gasteiger partial charge in [-0.3, -0.25) is 11.3 Å². The molecule has 1 heterocycles. The topological polar surface area (TPSA) is 56.5 Å². The lowest BCUT2D eigenvalue weighted by Crippen LogP contribution is -2.50. The predicted molar refractivity (Wildman–Crippen MR) is 71.3 cm³/mol. The largest absolute Gasteiger partial charge is 0.376 e. The zero-order chi connectivity index (χ0) is 13.0. The number of aryl methyl sites for hydroxylation is 2. The summed E-state index contributed by atoms with van der Waals surface area (Å²) in [4.78, 5) is 0. The van der Waals surface area contributed by atoms with Gasteiger partial charge in [-0.1, -0.05) is 29.3 Å². The Balaban J connectivity index is 2.04. The monoisotopic (exact) mass is 250 g/mol. The Bertz CT molecular complexity index is 369. The van der Waals surface area contributed by atoms with Crippen molar-refractivity contribution >= 4 is 0 Å². The molecule has 0 radical (unpaired) electrons. The van der Waals surface area contributed by atoms with E-state index >= 15 is 0 Å².